The summed E-state index contributed by atoms with van der Waals surface area (Å²) in [5, 5.41) is 0.115. The Balaban J connectivity index is 1.90. The minimum Gasteiger partial charge on any atom is -0.451 e. The van der Waals surface area contributed by atoms with Crippen molar-refractivity contribution in [3.05, 3.63) is 74.8 Å². The maximum absolute atomic E-state index is 13.3. The average molecular weight is 365 g/mol. The quantitative estimate of drug-likeness (QED) is 0.567. The fourth-order valence-electron chi connectivity index (χ4n) is 2.26. The van der Waals surface area contributed by atoms with Crippen molar-refractivity contribution < 1.29 is 18.3 Å². The molecule has 1 N–H and O–H groups in total. The van der Waals surface area contributed by atoms with Crippen LogP contribution in [0.4, 0.5) is 8.78 Å². The van der Waals surface area contributed by atoms with Gasteiger partial charge < -0.3 is 9.72 Å². The smallest absolute Gasteiger partial charge is 0.340 e. The molecule has 8 heteroatoms. The molecule has 0 fully saturated rings. The second kappa shape index (κ2) is 6.60. The number of rotatable bonds is 3. The Morgan fingerprint density at radius 1 is 1.24 bits per heavy atom. The number of nitrogens with one attached hydrogen (secondary N) is 1. The summed E-state index contributed by atoms with van der Waals surface area (Å²) in [4.78, 5) is 31.0. The standard InChI is InChI=1S/C17H11ClF2N2O3/c1-8(15-21-14-5-3-2-4-9(14)16(23)22-15)25-17(24)10-6-12(19)13(20)7-11(10)18/h2-8H,1H3,(H,21,22,23)/t8-/m1/s1. The third-order valence-corrected chi connectivity index (χ3v) is 3.84. The molecule has 0 radical (unpaired) electrons. The summed E-state index contributed by atoms with van der Waals surface area (Å²) < 4.78 is 31.5. The van der Waals surface area contributed by atoms with Crippen LogP contribution in [0.2, 0.25) is 5.02 Å². The van der Waals surface area contributed by atoms with E-state index in [1.807, 2.05) is 0 Å². The number of carbonyl (C=O) groups is 1. The first-order valence-corrected chi connectivity index (χ1v) is 7.59. The average Bonchev–Trinajstić information content (AvgIpc) is 2.58. The van der Waals surface area contributed by atoms with E-state index < -0.39 is 23.7 Å². The Kier molecular flexibility index (Phi) is 4.50. The Morgan fingerprint density at radius 2 is 1.92 bits per heavy atom. The molecule has 0 aliphatic rings. The zero-order valence-corrected chi connectivity index (χ0v) is 13.6. The van der Waals surface area contributed by atoms with E-state index >= 15 is 0 Å². The summed E-state index contributed by atoms with van der Waals surface area (Å²) in [6, 6.07) is 8.03. The van der Waals surface area contributed by atoms with Crippen LogP contribution in [0.15, 0.2) is 41.2 Å². The molecule has 1 atom stereocenters. The lowest BCUT2D eigenvalue weighted by Crippen LogP contribution is -2.17. The molecule has 0 unspecified atom stereocenters. The number of H-pyrrole nitrogens is 1. The normalized spacial score (nSPS) is 12.2. The van der Waals surface area contributed by atoms with E-state index in [1.54, 1.807) is 24.3 Å². The van der Waals surface area contributed by atoms with Crippen LogP contribution in [0.25, 0.3) is 10.9 Å². The number of aromatic nitrogens is 2. The SMILES string of the molecule is C[C@@H](OC(=O)c1cc(F)c(F)cc1Cl)c1nc2ccccc2c(=O)[nH]1. The number of benzene rings is 2. The van der Waals surface area contributed by atoms with E-state index in [2.05, 4.69) is 9.97 Å². The lowest BCUT2D eigenvalue weighted by molar-refractivity contribution is 0.0319. The van der Waals surface area contributed by atoms with Crippen molar-refractivity contribution in [1.82, 2.24) is 9.97 Å². The second-order valence-electron chi connectivity index (χ2n) is 5.26. The maximum atomic E-state index is 13.3. The molecule has 3 rings (SSSR count). The van der Waals surface area contributed by atoms with Gasteiger partial charge in [0.2, 0.25) is 0 Å². The number of fused-ring (bicyclic) bond motifs is 1. The predicted molar refractivity (Wildman–Crippen MR) is 87.6 cm³/mol. The fourth-order valence-corrected chi connectivity index (χ4v) is 2.48. The van der Waals surface area contributed by atoms with Gasteiger partial charge in [0.05, 0.1) is 21.5 Å². The van der Waals surface area contributed by atoms with Crippen molar-refractivity contribution in [2.45, 2.75) is 13.0 Å². The summed E-state index contributed by atoms with van der Waals surface area (Å²) in [5.41, 5.74) is -0.264. The molecule has 0 amide bonds. The highest BCUT2D eigenvalue weighted by molar-refractivity contribution is 6.33. The Hall–Kier alpha value is -2.80. The van der Waals surface area contributed by atoms with Gasteiger partial charge in [-0.15, -0.1) is 0 Å². The van der Waals surface area contributed by atoms with Gasteiger partial charge in [-0.2, -0.15) is 0 Å². The van der Waals surface area contributed by atoms with E-state index in [-0.39, 0.29) is 22.0 Å². The highest BCUT2D eigenvalue weighted by Crippen LogP contribution is 2.23. The number of para-hydroxylation sites is 1. The molecule has 2 aromatic carbocycles. The van der Waals surface area contributed by atoms with Crippen molar-refractivity contribution in [2.75, 3.05) is 0 Å². The van der Waals surface area contributed by atoms with E-state index in [0.717, 1.165) is 0 Å². The monoisotopic (exact) mass is 364 g/mol. The van der Waals surface area contributed by atoms with Crippen LogP contribution >= 0.6 is 11.6 Å². The molecule has 0 spiro atoms. The molecule has 3 aromatic rings. The van der Waals surface area contributed by atoms with E-state index in [9.17, 15) is 18.4 Å². The topological polar surface area (TPSA) is 72.0 Å². The molecule has 0 bridgehead atoms. The number of hydrogen-bond donors (Lipinski definition) is 1. The van der Waals surface area contributed by atoms with Gasteiger partial charge in [0.25, 0.3) is 5.56 Å². The Labute approximate surface area is 145 Å². The number of halogens is 3. The molecule has 0 aliphatic carbocycles. The summed E-state index contributed by atoms with van der Waals surface area (Å²) in [5.74, 6) is -3.24. The van der Waals surface area contributed by atoms with Gasteiger partial charge in [-0.25, -0.2) is 18.6 Å². The van der Waals surface area contributed by atoms with Gasteiger partial charge in [-0.05, 0) is 31.2 Å². The molecule has 0 saturated carbocycles. The lowest BCUT2D eigenvalue weighted by atomic mass is 10.2. The second-order valence-corrected chi connectivity index (χ2v) is 5.67. The van der Waals surface area contributed by atoms with Gasteiger partial charge in [0.15, 0.2) is 23.6 Å². The van der Waals surface area contributed by atoms with E-state index in [1.165, 1.54) is 6.92 Å². The first-order chi connectivity index (χ1) is 11.9. The van der Waals surface area contributed by atoms with Crippen LogP contribution in [-0.2, 0) is 4.74 Å². The lowest BCUT2D eigenvalue weighted by Gasteiger charge is -2.14. The van der Waals surface area contributed by atoms with Crippen LogP contribution in [0.3, 0.4) is 0 Å². The van der Waals surface area contributed by atoms with Crippen molar-refractivity contribution in [2.24, 2.45) is 0 Å². The molecular formula is C17H11ClF2N2O3. The third kappa shape index (κ3) is 3.36. The summed E-state index contributed by atoms with van der Waals surface area (Å²) in [6.45, 7) is 1.48. The Morgan fingerprint density at radius 3 is 2.68 bits per heavy atom. The predicted octanol–water partition coefficient (Wildman–Crippen LogP) is 3.77. The molecule has 25 heavy (non-hydrogen) atoms. The van der Waals surface area contributed by atoms with Crippen LogP contribution < -0.4 is 5.56 Å². The zero-order valence-electron chi connectivity index (χ0n) is 12.8. The minimum absolute atomic E-state index is 0.121. The molecule has 5 nitrogen and oxygen atoms in total. The van der Waals surface area contributed by atoms with E-state index in [4.69, 9.17) is 16.3 Å². The van der Waals surface area contributed by atoms with Crippen LogP contribution in [0.1, 0.15) is 29.2 Å². The van der Waals surface area contributed by atoms with Crippen LogP contribution in [0.5, 0.6) is 0 Å². The minimum atomic E-state index is -1.22. The summed E-state index contributed by atoms with van der Waals surface area (Å²) >= 11 is 5.75. The molecular weight excluding hydrogens is 354 g/mol. The summed E-state index contributed by atoms with van der Waals surface area (Å²) in [7, 11) is 0. The van der Waals surface area contributed by atoms with E-state index in [0.29, 0.717) is 23.0 Å². The molecule has 1 aromatic heterocycles. The first-order valence-electron chi connectivity index (χ1n) is 7.21. The number of carbonyl (C=O) groups excluding carboxylic acids is 1. The number of ether oxygens (including phenoxy) is 1. The maximum Gasteiger partial charge on any atom is 0.340 e. The van der Waals surface area contributed by atoms with Gasteiger partial charge in [-0.3, -0.25) is 4.79 Å². The van der Waals surface area contributed by atoms with Gasteiger partial charge in [0.1, 0.15) is 0 Å². The number of hydrogen-bond acceptors (Lipinski definition) is 4. The molecule has 1 heterocycles. The van der Waals surface area contributed by atoms with Gasteiger partial charge in [-0.1, -0.05) is 23.7 Å². The molecule has 128 valence electrons. The first kappa shape index (κ1) is 17.0. The van der Waals surface area contributed by atoms with Crippen molar-refractivity contribution >= 4 is 28.5 Å². The van der Waals surface area contributed by atoms with Gasteiger partial charge in [0, 0.05) is 0 Å². The van der Waals surface area contributed by atoms with Crippen LogP contribution in [-0.4, -0.2) is 15.9 Å². The zero-order chi connectivity index (χ0) is 18.1. The van der Waals surface area contributed by atoms with Crippen molar-refractivity contribution in [3.63, 3.8) is 0 Å². The highest BCUT2D eigenvalue weighted by Gasteiger charge is 2.21. The third-order valence-electron chi connectivity index (χ3n) is 3.53. The van der Waals surface area contributed by atoms with Gasteiger partial charge >= 0.3 is 5.97 Å². The number of esters is 1. The number of nitrogens with zero attached hydrogens (tertiary/aromatic N) is 1. The number of aromatic amines is 1. The fraction of sp³-hybridized carbons (Fsp3) is 0.118. The molecule has 0 aliphatic heterocycles. The van der Waals surface area contributed by atoms with Crippen molar-refractivity contribution in [1.29, 1.82) is 0 Å². The molecule has 0 saturated heterocycles. The largest absolute Gasteiger partial charge is 0.451 e. The van der Waals surface area contributed by atoms with Crippen LogP contribution in [0, 0.1) is 11.6 Å². The highest BCUT2D eigenvalue weighted by atomic mass is 35.5. The Bertz CT molecular complexity index is 1040. The van der Waals surface area contributed by atoms with Crippen molar-refractivity contribution in [3.8, 4) is 0 Å². The summed E-state index contributed by atoms with van der Waals surface area (Å²) in [6.07, 6.45) is -0.936.